The molecule has 0 aliphatic carbocycles. The molecule has 0 fully saturated rings. The Labute approximate surface area is 176 Å². The lowest BCUT2D eigenvalue weighted by Gasteiger charge is -2.10. The summed E-state index contributed by atoms with van der Waals surface area (Å²) < 4.78 is 37.7. The van der Waals surface area contributed by atoms with Gasteiger partial charge in [-0.25, -0.2) is 0 Å². The van der Waals surface area contributed by atoms with Gasteiger partial charge in [0.2, 0.25) is 0 Å². The summed E-state index contributed by atoms with van der Waals surface area (Å²) in [5.41, 5.74) is 2.05. The van der Waals surface area contributed by atoms with Crippen molar-refractivity contribution in [3.8, 4) is 11.5 Å². The first-order valence-electron chi connectivity index (χ1n) is 9.27. The Balaban J connectivity index is 1.78. The zero-order valence-corrected chi connectivity index (χ0v) is 18.0. The summed E-state index contributed by atoms with van der Waals surface area (Å²) >= 11 is 6.10. The maximum Gasteiger partial charge on any atom is 0.324 e. The van der Waals surface area contributed by atoms with Gasteiger partial charge in [0.1, 0.15) is 16.9 Å². The molecule has 0 bridgehead atoms. The van der Waals surface area contributed by atoms with Crippen molar-refractivity contribution >= 4 is 27.7 Å². The van der Waals surface area contributed by atoms with Gasteiger partial charge in [0, 0.05) is 6.42 Å². The molecule has 0 spiro atoms. The van der Waals surface area contributed by atoms with E-state index >= 15 is 0 Å². The number of carbonyl (C=O) groups excluding carboxylic acids is 1. The minimum atomic E-state index is -3.54. The first-order chi connectivity index (χ1) is 13.8. The summed E-state index contributed by atoms with van der Waals surface area (Å²) in [6.07, 6.45) is 2.88. The monoisotopic (exact) mass is 440 g/mol. The minimum absolute atomic E-state index is 0.242. The summed E-state index contributed by atoms with van der Waals surface area (Å²) in [5, 5.41) is -0.689. The molecule has 2 rings (SSSR count). The second-order valence-electron chi connectivity index (χ2n) is 6.51. The van der Waals surface area contributed by atoms with Crippen LogP contribution in [0.1, 0.15) is 24.5 Å². The molecule has 1 unspecified atom stereocenters. The summed E-state index contributed by atoms with van der Waals surface area (Å²) in [7, 11) is -3.54. The van der Waals surface area contributed by atoms with Crippen molar-refractivity contribution in [1.82, 2.24) is 0 Å². The Morgan fingerprint density at radius 2 is 1.55 bits per heavy atom. The smallest absolute Gasteiger partial charge is 0.324 e. The zero-order chi connectivity index (χ0) is 21.3. The van der Waals surface area contributed by atoms with Crippen LogP contribution in [-0.2, 0) is 32.5 Å². The van der Waals surface area contributed by atoms with E-state index in [2.05, 4.69) is 0 Å². The Bertz CT molecular complexity index is 878. The van der Waals surface area contributed by atoms with E-state index in [1.807, 2.05) is 31.2 Å². The summed E-state index contributed by atoms with van der Waals surface area (Å²) in [5.74, 6) is 0.476. The van der Waals surface area contributed by atoms with Gasteiger partial charge in [-0.2, -0.15) is 8.42 Å². The molecule has 0 aromatic heterocycles. The zero-order valence-electron chi connectivity index (χ0n) is 16.5. The van der Waals surface area contributed by atoms with Crippen LogP contribution in [0.15, 0.2) is 48.5 Å². The van der Waals surface area contributed by atoms with Crippen LogP contribution in [-0.4, -0.2) is 39.2 Å². The number of hydrogen-bond acceptors (Lipinski definition) is 6. The van der Waals surface area contributed by atoms with Crippen molar-refractivity contribution in [2.75, 3.05) is 19.5 Å². The van der Waals surface area contributed by atoms with Crippen LogP contribution < -0.4 is 8.92 Å². The third kappa shape index (κ3) is 8.75. The number of halogens is 1. The van der Waals surface area contributed by atoms with Gasteiger partial charge in [-0.3, -0.25) is 4.79 Å². The molecule has 2 aromatic carbocycles. The number of carbonyl (C=O) groups is 1. The fourth-order valence-corrected chi connectivity index (χ4v) is 3.18. The highest BCUT2D eigenvalue weighted by molar-refractivity contribution is 7.86. The Morgan fingerprint density at radius 1 is 0.966 bits per heavy atom. The summed E-state index contributed by atoms with van der Waals surface area (Å²) in [4.78, 5) is 11.7. The van der Waals surface area contributed by atoms with Crippen LogP contribution in [0, 0.1) is 0 Å². The number of hydrogen-bond donors (Lipinski definition) is 0. The quantitative estimate of drug-likeness (QED) is 0.301. The van der Waals surface area contributed by atoms with E-state index in [9.17, 15) is 13.2 Å². The molecule has 0 aliphatic rings. The third-order valence-corrected chi connectivity index (χ3v) is 4.70. The van der Waals surface area contributed by atoms with E-state index in [1.165, 1.54) is 0 Å². The van der Waals surface area contributed by atoms with Crippen LogP contribution >= 0.6 is 11.6 Å². The minimum Gasteiger partial charge on any atom is -0.493 e. The van der Waals surface area contributed by atoms with Gasteiger partial charge >= 0.3 is 16.1 Å². The van der Waals surface area contributed by atoms with Gasteiger partial charge < -0.3 is 13.7 Å². The molecular formula is C21H25ClO6S. The molecule has 8 heteroatoms. The second-order valence-corrected chi connectivity index (χ2v) is 8.61. The molecule has 0 N–H and O–H groups in total. The van der Waals surface area contributed by atoms with Gasteiger partial charge in [-0.15, -0.1) is 11.6 Å². The molecule has 0 amide bonds. The van der Waals surface area contributed by atoms with Crippen LogP contribution in [0.5, 0.6) is 11.5 Å². The Kier molecular flexibility index (Phi) is 8.79. The van der Waals surface area contributed by atoms with Gasteiger partial charge in [-0.05, 0) is 48.2 Å². The maximum absolute atomic E-state index is 11.7. The lowest BCUT2D eigenvalue weighted by molar-refractivity contribution is -0.143. The van der Waals surface area contributed by atoms with Crippen molar-refractivity contribution in [3.63, 3.8) is 0 Å². The number of ether oxygens (including phenoxy) is 2. The first kappa shape index (κ1) is 23.0. The van der Waals surface area contributed by atoms with Crippen LogP contribution in [0.25, 0.3) is 0 Å². The van der Waals surface area contributed by atoms with E-state index in [1.54, 1.807) is 24.3 Å². The van der Waals surface area contributed by atoms with E-state index < -0.39 is 15.5 Å². The van der Waals surface area contributed by atoms with Crippen LogP contribution in [0.3, 0.4) is 0 Å². The van der Waals surface area contributed by atoms with Gasteiger partial charge in [0.05, 0.1) is 19.5 Å². The van der Waals surface area contributed by atoms with Gasteiger partial charge in [0.25, 0.3) is 0 Å². The predicted octanol–water partition coefficient (Wildman–Crippen LogP) is 3.75. The van der Waals surface area contributed by atoms with Crippen molar-refractivity contribution in [2.45, 2.75) is 31.6 Å². The van der Waals surface area contributed by atoms with E-state index in [0.29, 0.717) is 31.8 Å². The fourth-order valence-electron chi connectivity index (χ4n) is 2.48. The number of benzene rings is 2. The lowest BCUT2D eigenvalue weighted by atomic mass is 10.1. The van der Waals surface area contributed by atoms with Crippen molar-refractivity contribution < 1.29 is 26.9 Å². The summed E-state index contributed by atoms with van der Waals surface area (Å²) in [6.45, 7) is 2.78. The molecule has 0 radical (unpaired) electrons. The largest absolute Gasteiger partial charge is 0.493 e. The fraction of sp³-hybridized carbons (Fsp3) is 0.381. The van der Waals surface area contributed by atoms with Crippen molar-refractivity contribution in [3.05, 3.63) is 59.7 Å². The molecule has 2 aromatic rings. The molecule has 0 saturated carbocycles. The SMILES string of the molecule is CCCOC(=O)C(Cl)Cc1ccc(CCOc2ccc(OS(C)(=O)=O)cc2)cc1. The number of rotatable bonds is 11. The normalized spacial score (nSPS) is 12.2. The maximum atomic E-state index is 11.7. The molecule has 0 heterocycles. The number of alkyl halides is 1. The van der Waals surface area contributed by atoms with Crippen LogP contribution in [0.4, 0.5) is 0 Å². The Morgan fingerprint density at radius 3 is 2.14 bits per heavy atom. The van der Waals surface area contributed by atoms with E-state index in [-0.39, 0.29) is 11.7 Å². The third-order valence-electron chi connectivity index (χ3n) is 3.87. The first-order valence-corrected chi connectivity index (χ1v) is 11.5. The molecule has 29 heavy (non-hydrogen) atoms. The summed E-state index contributed by atoms with van der Waals surface area (Å²) in [6, 6.07) is 14.2. The van der Waals surface area contributed by atoms with Gasteiger partial charge in [-0.1, -0.05) is 31.2 Å². The molecule has 6 nitrogen and oxygen atoms in total. The topological polar surface area (TPSA) is 78.9 Å². The van der Waals surface area contributed by atoms with Gasteiger partial charge in [0.15, 0.2) is 0 Å². The highest BCUT2D eigenvalue weighted by Gasteiger charge is 2.17. The number of esters is 1. The molecule has 0 saturated heterocycles. The van der Waals surface area contributed by atoms with Crippen LogP contribution in [0.2, 0.25) is 0 Å². The van der Waals surface area contributed by atoms with Crippen molar-refractivity contribution in [1.29, 1.82) is 0 Å². The Hall–Kier alpha value is -2.25. The standard InChI is InChI=1S/C21H25ClO6S/c1-3-13-27-21(23)20(22)15-17-6-4-16(5-7-17)12-14-26-18-8-10-19(11-9-18)28-29(2,24)25/h4-11,20H,3,12-15H2,1-2H3. The van der Waals surface area contributed by atoms with Crippen molar-refractivity contribution in [2.24, 2.45) is 0 Å². The molecule has 1 atom stereocenters. The highest BCUT2D eigenvalue weighted by atomic mass is 35.5. The predicted molar refractivity (Wildman–Crippen MR) is 112 cm³/mol. The molecule has 0 aliphatic heterocycles. The second kappa shape index (κ2) is 11.1. The highest BCUT2D eigenvalue weighted by Crippen LogP contribution is 2.19. The van der Waals surface area contributed by atoms with E-state index in [4.69, 9.17) is 25.3 Å². The molecule has 158 valence electrons. The average molecular weight is 441 g/mol. The van der Waals surface area contributed by atoms with E-state index in [0.717, 1.165) is 23.8 Å². The lowest BCUT2D eigenvalue weighted by Crippen LogP contribution is -2.20. The average Bonchev–Trinajstić information content (AvgIpc) is 2.67. The molecular weight excluding hydrogens is 416 g/mol.